The highest BCUT2D eigenvalue weighted by atomic mass is 32.2. The number of carbonyl (C=O) groups is 1. The van der Waals surface area contributed by atoms with E-state index in [4.69, 9.17) is 0 Å². The van der Waals surface area contributed by atoms with E-state index in [1.54, 1.807) is 11.8 Å². The Balaban J connectivity index is 2.51. The lowest BCUT2D eigenvalue weighted by atomic mass is 10.2. The van der Waals surface area contributed by atoms with Gasteiger partial charge in [-0.2, -0.15) is 0 Å². The van der Waals surface area contributed by atoms with E-state index >= 15 is 0 Å². The molecule has 16 heavy (non-hydrogen) atoms. The van der Waals surface area contributed by atoms with Gasteiger partial charge in [0.25, 0.3) is 0 Å². The molecule has 0 saturated heterocycles. The van der Waals surface area contributed by atoms with Crippen LogP contribution in [-0.4, -0.2) is 37.7 Å². The molecule has 0 radical (unpaired) electrons. The van der Waals surface area contributed by atoms with Crippen molar-refractivity contribution < 1.29 is 4.79 Å². The first-order valence-corrected chi connectivity index (χ1v) is 6.39. The van der Waals surface area contributed by atoms with Gasteiger partial charge in [-0.1, -0.05) is 18.2 Å². The molecule has 0 spiro atoms. The fourth-order valence-electron chi connectivity index (χ4n) is 1.39. The highest BCUT2D eigenvalue weighted by Gasteiger charge is 2.04. The second-order valence-electron chi connectivity index (χ2n) is 3.83. The number of likely N-dealkylation sites (N-methyl/N-ethyl adjacent to an activating group) is 1. The molecule has 0 atom stereocenters. The van der Waals surface area contributed by atoms with Crippen molar-refractivity contribution in [2.45, 2.75) is 11.4 Å². The highest BCUT2D eigenvalue weighted by Crippen LogP contribution is 2.19. The Kier molecular flexibility index (Phi) is 5.35. The number of carbonyl (C=O) groups excluding carboxylic acids is 1. The first-order valence-electron chi connectivity index (χ1n) is 5.17. The minimum absolute atomic E-state index is 0.0564. The van der Waals surface area contributed by atoms with Gasteiger partial charge in [0.2, 0.25) is 5.91 Å². The molecule has 0 aliphatic heterocycles. The molecule has 3 nitrogen and oxygen atoms in total. The minimum Gasteiger partial charge on any atom is -0.351 e. The van der Waals surface area contributed by atoms with Gasteiger partial charge in [0.05, 0.1) is 6.54 Å². The summed E-state index contributed by atoms with van der Waals surface area (Å²) in [6.45, 7) is 1.03. The molecule has 1 amide bonds. The van der Waals surface area contributed by atoms with Crippen LogP contribution in [0.4, 0.5) is 0 Å². The first-order chi connectivity index (χ1) is 7.63. The van der Waals surface area contributed by atoms with E-state index in [1.165, 1.54) is 10.5 Å². The van der Waals surface area contributed by atoms with Gasteiger partial charge in [-0.15, -0.1) is 11.8 Å². The minimum atomic E-state index is 0.0564. The van der Waals surface area contributed by atoms with Gasteiger partial charge < -0.3 is 10.2 Å². The van der Waals surface area contributed by atoms with Crippen molar-refractivity contribution >= 4 is 17.7 Å². The molecule has 0 fully saturated rings. The number of thioether (sulfide) groups is 1. The predicted octanol–water partition coefficient (Wildman–Crippen LogP) is 1.59. The molecule has 88 valence electrons. The number of nitrogens with zero attached hydrogens (tertiary/aromatic N) is 1. The molecule has 1 aromatic carbocycles. The zero-order valence-electron chi connectivity index (χ0n) is 9.99. The molecule has 0 aromatic heterocycles. The summed E-state index contributed by atoms with van der Waals surface area (Å²) in [5.41, 5.74) is 1.17. The van der Waals surface area contributed by atoms with E-state index in [0.717, 1.165) is 0 Å². The summed E-state index contributed by atoms with van der Waals surface area (Å²) in [6.07, 6.45) is 2.04. The normalized spacial score (nSPS) is 10.5. The topological polar surface area (TPSA) is 32.3 Å². The summed E-state index contributed by atoms with van der Waals surface area (Å²) >= 11 is 1.70. The van der Waals surface area contributed by atoms with Gasteiger partial charge in [-0.3, -0.25) is 4.79 Å². The SMILES string of the molecule is CSc1ccccc1CNC(=O)CN(C)C. The fraction of sp³-hybridized carbons (Fsp3) is 0.417. The lowest BCUT2D eigenvalue weighted by Crippen LogP contribution is -2.32. The number of hydrogen-bond acceptors (Lipinski definition) is 3. The number of nitrogens with one attached hydrogen (secondary N) is 1. The molecular formula is C12H18N2OS. The summed E-state index contributed by atoms with van der Waals surface area (Å²) in [6, 6.07) is 8.12. The van der Waals surface area contributed by atoms with Crippen molar-refractivity contribution in [1.82, 2.24) is 10.2 Å². The van der Waals surface area contributed by atoms with Crippen molar-refractivity contribution in [3.63, 3.8) is 0 Å². The quantitative estimate of drug-likeness (QED) is 0.791. The third-order valence-electron chi connectivity index (χ3n) is 2.13. The molecule has 0 saturated carbocycles. The summed E-state index contributed by atoms with van der Waals surface area (Å²) in [7, 11) is 3.77. The third kappa shape index (κ3) is 4.24. The Morgan fingerprint density at radius 3 is 2.69 bits per heavy atom. The molecule has 0 heterocycles. The number of rotatable bonds is 5. The molecule has 0 aliphatic rings. The van der Waals surface area contributed by atoms with Crippen molar-refractivity contribution in [3.8, 4) is 0 Å². The van der Waals surface area contributed by atoms with Crippen LogP contribution in [0.1, 0.15) is 5.56 Å². The number of hydrogen-bond donors (Lipinski definition) is 1. The molecule has 1 N–H and O–H groups in total. The second kappa shape index (κ2) is 6.55. The smallest absolute Gasteiger partial charge is 0.234 e. The van der Waals surface area contributed by atoms with Crippen molar-refractivity contribution in [2.24, 2.45) is 0 Å². The number of amides is 1. The summed E-state index contributed by atoms with van der Waals surface area (Å²) < 4.78 is 0. The Labute approximate surface area is 101 Å². The number of benzene rings is 1. The molecule has 4 heteroatoms. The van der Waals surface area contributed by atoms with Gasteiger partial charge in [0.1, 0.15) is 0 Å². The average molecular weight is 238 g/mol. The van der Waals surface area contributed by atoms with Crippen LogP contribution in [0.15, 0.2) is 29.2 Å². The zero-order valence-corrected chi connectivity index (χ0v) is 10.8. The lowest BCUT2D eigenvalue weighted by Gasteiger charge is -2.11. The Morgan fingerprint density at radius 2 is 2.06 bits per heavy atom. The Morgan fingerprint density at radius 1 is 1.38 bits per heavy atom. The second-order valence-corrected chi connectivity index (χ2v) is 4.67. The molecule has 1 aromatic rings. The van der Waals surface area contributed by atoms with Gasteiger partial charge >= 0.3 is 0 Å². The van der Waals surface area contributed by atoms with Crippen molar-refractivity contribution in [2.75, 3.05) is 26.9 Å². The molecule has 0 bridgehead atoms. The van der Waals surface area contributed by atoms with Gasteiger partial charge in [0.15, 0.2) is 0 Å². The Hall–Kier alpha value is -1.00. The van der Waals surface area contributed by atoms with E-state index < -0.39 is 0 Å². The maximum absolute atomic E-state index is 11.5. The summed E-state index contributed by atoms with van der Waals surface area (Å²) in [5.74, 6) is 0.0564. The highest BCUT2D eigenvalue weighted by molar-refractivity contribution is 7.98. The van der Waals surface area contributed by atoms with E-state index in [1.807, 2.05) is 43.5 Å². The predicted molar refractivity (Wildman–Crippen MR) is 68.6 cm³/mol. The maximum atomic E-state index is 11.5. The van der Waals surface area contributed by atoms with E-state index in [9.17, 15) is 4.79 Å². The van der Waals surface area contributed by atoms with Crippen molar-refractivity contribution in [1.29, 1.82) is 0 Å². The van der Waals surface area contributed by atoms with Crippen molar-refractivity contribution in [3.05, 3.63) is 29.8 Å². The van der Waals surface area contributed by atoms with Crippen LogP contribution in [-0.2, 0) is 11.3 Å². The standard InChI is InChI=1S/C12H18N2OS/c1-14(2)9-12(15)13-8-10-6-4-5-7-11(10)16-3/h4-7H,8-9H2,1-3H3,(H,13,15). The van der Waals surface area contributed by atoms with Crippen LogP contribution < -0.4 is 5.32 Å². The van der Waals surface area contributed by atoms with Crippen LogP contribution in [0.25, 0.3) is 0 Å². The van der Waals surface area contributed by atoms with E-state index in [-0.39, 0.29) is 5.91 Å². The Bertz CT molecular complexity index is 353. The van der Waals surface area contributed by atoms with Gasteiger partial charge in [-0.05, 0) is 32.0 Å². The third-order valence-corrected chi connectivity index (χ3v) is 2.97. The molecular weight excluding hydrogens is 220 g/mol. The molecule has 0 unspecified atom stereocenters. The maximum Gasteiger partial charge on any atom is 0.234 e. The lowest BCUT2D eigenvalue weighted by molar-refractivity contribution is -0.121. The molecule has 0 aliphatic carbocycles. The van der Waals surface area contributed by atoms with E-state index in [0.29, 0.717) is 13.1 Å². The van der Waals surface area contributed by atoms with E-state index in [2.05, 4.69) is 11.4 Å². The van der Waals surface area contributed by atoms with Crippen LogP contribution in [0.2, 0.25) is 0 Å². The summed E-state index contributed by atoms with van der Waals surface area (Å²) in [4.78, 5) is 14.5. The fourth-order valence-corrected chi connectivity index (χ4v) is 2.00. The largest absolute Gasteiger partial charge is 0.351 e. The summed E-state index contributed by atoms with van der Waals surface area (Å²) in [5, 5.41) is 2.91. The van der Waals surface area contributed by atoms with Crippen LogP contribution >= 0.6 is 11.8 Å². The molecule has 1 rings (SSSR count). The van der Waals surface area contributed by atoms with Gasteiger partial charge in [-0.25, -0.2) is 0 Å². The van der Waals surface area contributed by atoms with Crippen LogP contribution in [0.5, 0.6) is 0 Å². The van der Waals surface area contributed by atoms with Crippen LogP contribution in [0, 0.1) is 0 Å². The zero-order chi connectivity index (χ0) is 12.0. The average Bonchev–Trinajstić information content (AvgIpc) is 2.26. The monoisotopic (exact) mass is 238 g/mol. The van der Waals surface area contributed by atoms with Gasteiger partial charge in [0, 0.05) is 11.4 Å². The van der Waals surface area contributed by atoms with Crippen LogP contribution in [0.3, 0.4) is 0 Å². The first kappa shape index (κ1) is 13.1.